The zero-order valence-corrected chi connectivity index (χ0v) is 10.5. The molecule has 1 aliphatic carbocycles. The van der Waals surface area contributed by atoms with Gasteiger partial charge in [0.05, 0.1) is 4.75 Å². The van der Waals surface area contributed by atoms with Crippen molar-refractivity contribution < 1.29 is 12.8 Å². The summed E-state index contributed by atoms with van der Waals surface area (Å²) in [5.41, 5.74) is 0.489. The highest BCUT2D eigenvalue weighted by atomic mass is 35.7. The number of rotatable bonds is 3. The van der Waals surface area contributed by atoms with E-state index in [0.717, 1.165) is 0 Å². The van der Waals surface area contributed by atoms with Gasteiger partial charge < -0.3 is 0 Å². The molecule has 0 amide bonds. The SMILES string of the molecule is O=S(=O)(Cl)C1(Cc2cc(F)ccc2Cl)CC1. The fraction of sp³-hybridized carbons (Fsp3) is 0.400. The molecule has 1 fully saturated rings. The molecule has 0 aliphatic heterocycles. The van der Waals surface area contributed by atoms with Crippen molar-refractivity contribution in [2.75, 3.05) is 0 Å². The second-order valence-corrected chi connectivity index (χ2v) is 7.40. The third-order valence-electron chi connectivity index (χ3n) is 2.85. The summed E-state index contributed by atoms with van der Waals surface area (Å²) >= 11 is 5.88. The Labute approximate surface area is 103 Å². The monoisotopic (exact) mass is 282 g/mol. The van der Waals surface area contributed by atoms with Gasteiger partial charge in [-0.05, 0) is 43.0 Å². The molecule has 0 bridgehead atoms. The highest BCUT2D eigenvalue weighted by Gasteiger charge is 2.53. The zero-order chi connectivity index (χ0) is 12.0. The van der Waals surface area contributed by atoms with Crippen LogP contribution in [0.3, 0.4) is 0 Å². The molecule has 1 saturated carbocycles. The first-order valence-corrected chi connectivity index (χ1v) is 7.41. The van der Waals surface area contributed by atoms with Crippen molar-refractivity contribution in [3.8, 4) is 0 Å². The number of hydrogen-bond donors (Lipinski definition) is 0. The Kier molecular flexibility index (Phi) is 2.93. The van der Waals surface area contributed by atoms with Crippen LogP contribution in [-0.4, -0.2) is 13.2 Å². The van der Waals surface area contributed by atoms with Crippen molar-refractivity contribution in [2.24, 2.45) is 0 Å². The Morgan fingerprint density at radius 2 is 2.00 bits per heavy atom. The number of benzene rings is 1. The van der Waals surface area contributed by atoms with Crippen LogP contribution >= 0.6 is 22.3 Å². The van der Waals surface area contributed by atoms with Gasteiger partial charge in [-0.15, -0.1) is 0 Å². The molecule has 1 aliphatic rings. The quantitative estimate of drug-likeness (QED) is 0.799. The highest BCUT2D eigenvalue weighted by molar-refractivity contribution is 8.15. The minimum absolute atomic E-state index is 0.176. The molecule has 16 heavy (non-hydrogen) atoms. The minimum atomic E-state index is -3.63. The van der Waals surface area contributed by atoms with Gasteiger partial charge in [-0.1, -0.05) is 11.6 Å². The lowest BCUT2D eigenvalue weighted by atomic mass is 10.1. The maximum absolute atomic E-state index is 13.0. The molecular formula is C10H9Cl2FO2S. The summed E-state index contributed by atoms with van der Waals surface area (Å²) in [6, 6.07) is 3.91. The van der Waals surface area contributed by atoms with E-state index in [0.29, 0.717) is 23.4 Å². The second kappa shape index (κ2) is 3.86. The summed E-state index contributed by atoms with van der Waals surface area (Å²) in [6.45, 7) is 0. The Morgan fingerprint density at radius 1 is 1.38 bits per heavy atom. The summed E-state index contributed by atoms with van der Waals surface area (Å²) in [4.78, 5) is 0. The van der Waals surface area contributed by atoms with Gasteiger partial charge in [-0.25, -0.2) is 12.8 Å². The predicted octanol–water partition coefficient (Wildman–Crippen LogP) is 3.12. The lowest BCUT2D eigenvalue weighted by Crippen LogP contribution is -2.21. The minimum Gasteiger partial charge on any atom is -0.212 e. The molecule has 1 aromatic carbocycles. The summed E-state index contributed by atoms with van der Waals surface area (Å²) in [5.74, 6) is -0.429. The van der Waals surface area contributed by atoms with E-state index in [-0.39, 0.29) is 6.42 Å². The molecule has 1 aromatic rings. The average Bonchev–Trinajstić information content (AvgIpc) is 2.91. The van der Waals surface area contributed by atoms with E-state index < -0.39 is 19.6 Å². The molecule has 2 rings (SSSR count). The maximum Gasteiger partial charge on any atom is 0.238 e. The largest absolute Gasteiger partial charge is 0.238 e. The van der Waals surface area contributed by atoms with E-state index in [1.807, 2.05) is 0 Å². The van der Waals surface area contributed by atoms with Crippen LogP contribution in [0.2, 0.25) is 5.02 Å². The first-order chi connectivity index (χ1) is 7.34. The number of halogens is 3. The van der Waals surface area contributed by atoms with Gasteiger partial charge in [0.1, 0.15) is 5.82 Å². The van der Waals surface area contributed by atoms with Gasteiger partial charge in [0.2, 0.25) is 9.05 Å². The average molecular weight is 283 g/mol. The topological polar surface area (TPSA) is 34.1 Å². The normalized spacial score (nSPS) is 18.4. The third-order valence-corrected chi connectivity index (χ3v) is 5.78. The van der Waals surface area contributed by atoms with E-state index >= 15 is 0 Å². The molecule has 0 spiro atoms. The van der Waals surface area contributed by atoms with Crippen molar-refractivity contribution in [1.82, 2.24) is 0 Å². The van der Waals surface area contributed by atoms with Crippen LogP contribution < -0.4 is 0 Å². The lowest BCUT2D eigenvalue weighted by molar-refractivity contribution is 0.588. The van der Waals surface area contributed by atoms with Crippen LogP contribution in [0.5, 0.6) is 0 Å². The van der Waals surface area contributed by atoms with Crippen LogP contribution in [-0.2, 0) is 15.5 Å². The maximum atomic E-state index is 13.0. The van der Waals surface area contributed by atoms with Crippen LogP contribution in [0, 0.1) is 5.82 Å². The van der Waals surface area contributed by atoms with Crippen molar-refractivity contribution in [1.29, 1.82) is 0 Å². The molecule has 0 unspecified atom stereocenters. The standard InChI is InChI=1S/C10H9Cl2FO2S/c11-9-2-1-8(13)5-7(9)6-10(3-4-10)16(12,14)15/h1-2,5H,3-4,6H2. The van der Waals surface area contributed by atoms with Crippen LogP contribution in [0.25, 0.3) is 0 Å². The highest BCUT2D eigenvalue weighted by Crippen LogP contribution is 2.48. The van der Waals surface area contributed by atoms with Gasteiger partial charge >= 0.3 is 0 Å². The van der Waals surface area contributed by atoms with E-state index in [9.17, 15) is 12.8 Å². The first kappa shape index (κ1) is 12.1. The van der Waals surface area contributed by atoms with Gasteiger partial charge in [0.15, 0.2) is 0 Å². The summed E-state index contributed by atoms with van der Waals surface area (Å²) in [7, 11) is 1.74. The fourth-order valence-electron chi connectivity index (χ4n) is 1.67. The Balaban J connectivity index is 2.32. The van der Waals surface area contributed by atoms with Crippen molar-refractivity contribution in [3.05, 3.63) is 34.6 Å². The molecule has 0 aromatic heterocycles. The third kappa shape index (κ3) is 2.19. The Morgan fingerprint density at radius 3 is 2.50 bits per heavy atom. The predicted molar refractivity (Wildman–Crippen MR) is 61.9 cm³/mol. The Bertz CT molecular complexity index is 524. The van der Waals surface area contributed by atoms with Crippen molar-refractivity contribution in [2.45, 2.75) is 24.0 Å². The molecule has 6 heteroatoms. The molecule has 88 valence electrons. The molecular weight excluding hydrogens is 274 g/mol. The molecule has 0 radical (unpaired) electrons. The van der Waals surface area contributed by atoms with Gasteiger partial charge in [0, 0.05) is 15.7 Å². The van der Waals surface area contributed by atoms with Crippen LogP contribution in [0.4, 0.5) is 4.39 Å². The molecule has 0 heterocycles. The van der Waals surface area contributed by atoms with Gasteiger partial charge in [-0.2, -0.15) is 0 Å². The van der Waals surface area contributed by atoms with Gasteiger partial charge in [0.25, 0.3) is 0 Å². The molecule has 2 nitrogen and oxygen atoms in total. The summed E-state index contributed by atoms with van der Waals surface area (Å²) in [6.07, 6.45) is 1.19. The number of hydrogen-bond acceptors (Lipinski definition) is 2. The van der Waals surface area contributed by atoms with E-state index in [2.05, 4.69) is 0 Å². The van der Waals surface area contributed by atoms with Gasteiger partial charge in [-0.3, -0.25) is 0 Å². The molecule has 0 saturated heterocycles. The molecule has 0 N–H and O–H groups in total. The molecule has 0 atom stereocenters. The van der Waals surface area contributed by atoms with Crippen molar-refractivity contribution >= 4 is 31.3 Å². The van der Waals surface area contributed by atoms with Crippen LogP contribution in [0.1, 0.15) is 18.4 Å². The second-order valence-electron chi connectivity index (χ2n) is 4.03. The van der Waals surface area contributed by atoms with Crippen molar-refractivity contribution in [3.63, 3.8) is 0 Å². The Hall–Kier alpha value is -0.320. The smallest absolute Gasteiger partial charge is 0.212 e. The lowest BCUT2D eigenvalue weighted by Gasteiger charge is -2.12. The first-order valence-electron chi connectivity index (χ1n) is 4.72. The zero-order valence-electron chi connectivity index (χ0n) is 8.21. The fourth-order valence-corrected chi connectivity index (χ4v) is 3.40. The van der Waals surface area contributed by atoms with Crippen LogP contribution in [0.15, 0.2) is 18.2 Å². The van der Waals surface area contributed by atoms with E-state index in [4.69, 9.17) is 22.3 Å². The summed E-state index contributed by atoms with van der Waals surface area (Å²) in [5, 5.41) is 0.369. The van der Waals surface area contributed by atoms with E-state index in [1.165, 1.54) is 18.2 Å². The summed E-state index contributed by atoms with van der Waals surface area (Å²) < 4.78 is 34.7. The van der Waals surface area contributed by atoms with E-state index in [1.54, 1.807) is 0 Å².